The van der Waals surface area contributed by atoms with Crippen molar-refractivity contribution in [3.05, 3.63) is 18.0 Å². The Bertz CT molecular complexity index is 537. The number of nitrogens with zero attached hydrogens (tertiary/aromatic N) is 4. The highest BCUT2D eigenvalue weighted by Gasteiger charge is 2.34. The quantitative estimate of drug-likeness (QED) is 0.857. The topological polar surface area (TPSA) is 41.4 Å². The largest absolute Gasteiger partial charge is 0.341 e. The van der Waals surface area contributed by atoms with Gasteiger partial charge >= 0.3 is 0 Å². The van der Waals surface area contributed by atoms with Gasteiger partial charge in [0.05, 0.1) is 11.8 Å². The highest BCUT2D eigenvalue weighted by atomic mass is 16.2. The van der Waals surface area contributed by atoms with E-state index in [9.17, 15) is 4.79 Å². The van der Waals surface area contributed by atoms with Crippen LogP contribution in [0.1, 0.15) is 62.4 Å². The molecule has 0 saturated carbocycles. The Morgan fingerprint density at radius 2 is 2.09 bits per heavy atom. The molecule has 3 heterocycles. The molecule has 2 aliphatic heterocycles. The van der Waals surface area contributed by atoms with Crippen LogP contribution < -0.4 is 0 Å². The average Bonchev–Trinajstić information content (AvgIpc) is 3.04. The zero-order valence-corrected chi connectivity index (χ0v) is 14.7. The zero-order chi connectivity index (χ0) is 16.4. The van der Waals surface area contributed by atoms with Crippen molar-refractivity contribution >= 4 is 5.91 Å². The third kappa shape index (κ3) is 3.60. The maximum Gasteiger partial charge on any atom is 0.256 e. The van der Waals surface area contributed by atoms with E-state index in [1.54, 1.807) is 6.20 Å². The predicted molar refractivity (Wildman–Crippen MR) is 91.5 cm³/mol. The standard InChI is InChI=1S/C18H30N4O/c1-14(2)22-13-16(11-19-22)18(23)20(3)12-15-7-6-10-21-9-5-4-8-17(15)21/h11,13-15,17H,4-10,12H2,1-3H3/t15-,17+/m1/s1. The molecule has 2 fully saturated rings. The monoisotopic (exact) mass is 318 g/mol. The van der Waals surface area contributed by atoms with Gasteiger partial charge in [-0.3, -0.25) is 9.48 Å². The van der Waals surface area contributed by atoms with Gasteiger partial charge in [-0.15, -0.1) is 0 Å². The third-order valence-electron chi connectivity index (χ3n) is 5.46. The smallest absolute Gasteiger partial charge is 0.256 e. The van der Waals surface area contributed by atoms with Gasteiger partial charge in [-0.2, -0.15) is 5.10 Å². The van der Waals surface area contributed by atoms with E-state index in [0.29, 0.717) is 17.5 Å². The minimum atomic E-state index is 0.102. The molecule has 128 valence electrons. The summed E-state index contributed by atoms with van der Waals surface area (Å²) in [4.78, 5) is 17.2. The van der Waals surface area contributed by atoms with E-state index in [-0.39, 0.29) is 11.9 Å². The van der Waals surface area contributed by atoms with Crippen LogP contribution in [-0.4, -0.2) is 58.2 Å². The second-order valence-electron chi connectivity index (χ2n) is 7.49. The summed E-state index contributed by atoms with van der Waals surface area (Å²) >= 11 is 0. The summed E-state index contributed by atoms with van der Waals surface area (Å²) in [6.07, 6.45) is 10.1. The molecule has 1 aromatic rings. The maximum atomic E-state index is 12.7. The van der Waals surface area contributed by atoms with Crippen LogP contribution in [0.15, 0.2) is 12.4 Å². The van der Waals surface area contributed by atoms with Crippen molar-refractivity contribution in [2.45, 2.75) is 58.0 Å². The minimum Gasteiger partial charge on any atom is -0.341 e. The number of carbonyl (C=O) groups is 1. The Balaban J connectivity index is 1.63. The molecule has 5 heteroatoms. The van der Waals surface area contributed by atoms with Gasteiger partial charge in [0.15, 0.2) is 0 Å². The summed E-state index contributed by atoms with van der Waals surface area (Å²) in [7, 11) is 1.94. The SMILES string of the molecule is CC(C)n1cc(C(=O)N(C)C[C@H]2CCCN3CCCC[C@@H]23)cn1. The Hall–Kier alpha value is -1.36. The number of carbonyl (C=O) groups excluding carboxylic acids is 1. The zero-order valence-electron chi connectivity index (χ0n) is 14.7. The van der Waals surface area contributed by atoms with Crippen LogP contribution in [0.4, 0.5) is 0 Å². The first-order valence-electron chi connectivity index (χ1n) is 9.10. The number of hydrogen-bond donors (Lipinski definition) is 0. The Morgan fingerprint density at radius 3 is 2.83 bits per heavy atom. The molecule has 2 atom stereocenters. The lowest BCUT2D eigenvalue weighted by molar-refractivity contribution is 0.0403. The van der Waals surface area contributed by atoms with Crippen molar-refractivity contribution in [3.8, 4) is 0 Å². The first-order valence-corrected chi connectivity index (χ1v) is 9.10. The molecule has 1 aromatic heterocycles. The molecule has 0 N–H and O–H groups in total. The summed E-state index contributed by atoms with van der Waals surface area (Å²) in [5.41, 5.74) is 0.706. The highest BCUT2D eigenvalue weighted by molar-refractivity contribution is 5.93. The molecule has 5 nitrogen and oxygen atoms in total. The molecule has 0 aliphatic carbocycles. The molecule has 0 aromatic carbocycles. The van der Waals surface area contributed by atoms with Crippen molar-refractivity contribution in [1.82, 2.24) is 19.6 Å². The predicted octanol–water partition coefficient (Wildman–Crippen LogP) is 2.80. The van der Waals surface area contributed by atoms with Crippen LogP contribution in [0.2, 0.25) is 0 Å². The summed E-state index contributed by atoms with van der Waals surface area (Å²) in [5.74, 6) is 0.725. The van der Waals surface area contributed by atoms with Gasteiger partial charge in [-0.25, -0.2) is 0 Å². The van der Waals surface area contributed by atoms with Gasteiger partial charge in [0.1, 0.15) is 0 Å². The molecule has 0 spiro atoms. The van der Waals surface area contributed by atoms with Crippen molar-refractivity contribution in [3.63, 3.8) is 0 Å². The lowest BCUT2D eigenvalue weighted by Gasteiger charge is -2.45. The van der Waals surface area contributed by atoms with E-state index in [2.05, 4.69) is 23.8 Å². The average molecular weight is 318 g/mol. The van der Waals surface area contributed by atoms with Crippen LogP contribution >= 0.6 is 0 Å². The molecule has 23 heavy (non-hydrogen) atoms. The lowest BCUT2D eigenvalue weighted by atomic mass is 9.83. The van der Waals surface area contributed by atoms with Crippen molar-refractivity contribution in [2.75, 3.05) is 26.7 Å². The van der Waals surface area contributed by atoms with Crippen molar-refractivity contribution in [2.24, 2.45) is 5.92 Å². The van der Waals surface area contributed by atoms with E-state index < -0.39 is 0 Å². The van der Waals surface area contributed by atoms with Crippen LogP contribution in [0.25, 0.3) is 0 Å². The van der Waals surface area contributed by atoms with E-state index in [1.165, 1.54) is 45.2 Å². The number of amides is 1. The Kier molecular flexibility index (Phi) is 5.05. The highest BCUT2D eigenvalue weighted by Crippen LogP contribution is 2.31. The van der Waals surface area contributed by atoms with Crippen molar-refractivity contribution < 1.29 is 4.79 Å². The normalized spacial score (nSPS) is 25.4. The lowest BCUT2D eigenvalue weighted by Crippen LogP contribution is -2.51. The van der Waals surface area contributed by atoms with Gasteiger partial charge in [-0.1, -0.05) is 6.42 Å². The fourth-order valence-electron chi connectivity index (χ4n) is 4.18. The number of aromatic nitrogens is 2. The molecular formula is C18H30N4O. The Morgan fingerprint density at radius 1 is 1.30 bits per heavy atom. The molecule has 0 bridgehead atoms. The molecule has 3 rings (SSSR count). The van der Waals surface area contributed by atoms with Gasteiger partial charge < -0.3 is 9.80 Å². The first-order chi connectivity index (χ1) is 11.1. The fourth-order valence-corrected chi connectivity index (χ4v) is 4.18. The van der Waals surface area contributed by atoms with Gasteiger partial charge in [0.25, 0.3) is 5.91 Å². The number of fused-ring (bicyclic) bond motifs is 1. The maximum absolute atomic E-state index is 12.7. The second-order valence-corrected chi connectivity index (χ2v) is 7.49. The van der Waals surface area contributed by atoms with Crippen LogP contribution in [-0.2, 0) is 0 Å². The van der Waals surface area contributed by atoms with Crippen LogP contribution in [0.3, 0.4) is 0 Å². The van der Waals surface area contributed by atoms with E-state index >= 15 is 0 Å². The molecular weight excluding hydrogens is 288 g/mol. The van der Waals surface area contributed by atoms with E-state index in [0.717, 1.165) is 6.54 Å². The number of hydrogen-bond acceptors (Lipinski definition) is 3. The van der Waals surface area contributed by atoms with Crippen molar-refractivity contribution in [1.29, 1.82) is 0 Å². The number of piperidine rings is 2. The Labute approximate surface area is 139 Å². The summed E-state index contributed by atoms with van der Waals surface area (Å²) in [5, 5.41) is 4.29. The van der Waals surface area contributed by atoms with Gasteiger partial charge in [0.2, 0.25) is 0 Å². The number of rotatable bonds is 4. The molecule has 0 unspecified atom stereocenters. The molecule has 2 saturated heterocycles. The van der Waals surface area contributed by atoms with E-state index in [1.807, 2.05) is 22.8 Å². The van der Waals surface area contributed by atoms with Gasteiger partial charge in [-0.05, 0) is 58.5 Å². The van der Waals surface area contributed by atoms with Crippen LogP contribution in [0, 0.1) is 5.92 Å². The van der Waals surface area contributed by atoms with Gasteiger partial charge in [0, 0.05) is 31.9 Å². The molecule has 0 radical (unpaired) electrons. The third-order valence-corrected chi connectivity index (χ3v) is 5.46. The summed E-state index contributed by atoms with van der Waals surface area (Å²) in [6.45, 7) is 7.52. The fraction of sp³-hybridized carbons (Fsp3) is 0.778. The molecule has 2 aliphatic rings. The summed E-state index contributed by atoms with van der Waals surface area (Å²) in [6, 6.07) is 0.974. The van der Waals surface area contributed by atoms with Crippen LogP contribution in [0.5, 0.6) is 0 Å². The summed E-state index contributed by atoms with van der Waals surface area (Å²) < 4.78 is 1.85. The first kappa shape index (κ1) is 16.5. The van der Waals surface area contributed by atoms with E-state index in [4.69, 9.17) is 0 Å². The minimum absolute atomic E-state index is 0.102. The molecule has 1 amide bonds. The second kappa shape index (κ2) is 7.04.